The van der Waals surface area contributed by atoms with Gasteiger partial charge in [-0.25, -0.2) is 15.0 Å². The Morgan fingerprint density at radius 1 is 1.09 bits per heavy atom. The van der Waals surface area contributed by atoms with Crippen molar-refractivity contribution in [3.63, 3.8) is 0 Å². The minimum atomic E-state index is -0.319. The van der Waals surface area contributed by atoms with E-state index in [1.165, 1.54) is 6.20 Å². The van der Waals surface area contributed by atoms with Gasteiger partial charge in [-0.3, -0.25) is 9.78 Å². The lowest BCUT2D eigenvalue weighted by molar-refractivity contribution is 0.102. The fraction of sp³-hybridized carbons (Fsp3) is 0.438. The molecule has 7 heteroatoms. The predicted molar refractivity (Wildman–Crippen MR) is 87.4 cm³/mol. The summed E-state index contributed by atoms with van der Waals surface area (Å²) in [5.74, 6) is 1.16. The predicted octanol–water partition coefficient (Wildman–Crippen LogP) is 2.06. The highest BCUT2D eigenvalue weighted by atomic mass is 16.1. The summed E-state index contributed by atoms with van der Waals surface area (Å²) in [6, 6.07) is 0. The van der Waals surface area contributed by atoms with E-state index in [9.17, 15) is 4.79 Å². The van der Waals surface area contributed by atoms with Crippen LogP contribution in [-0.2, 0) is 0 Å². The van der Waals surface area contributed by atoms with Crippen LogP contribution >= 0.6 is 0 Å². The Hall–Kier alpha value is -2.57. The number of carbonyl (C=O) groups is 1. The third-order valence-corrected chi connectivity index (χ3v) is 3.98. The molecule has 0 aromatic carbocycles. The first-order valence-corrected chi connectivity index (χ1v) is 7.79. The number of nitrogens with one attached hydrogen (secondary N) is 1. The number of hydrogen-bond donors (Lipinski definition) is 1. The van der Waals surface area contributed by atoms with Gasteiger partial charge in [0.05, 0.1) is 30.0 Å². The smallest absolute Gasteiger partial charge is 0.275 e. The van der Waals surface area contributed by atoms with Gasteiger partial charge in [-0.2, -0.15) is 0 Å². The zero-order valence-electron chi connectivity index (χ0n) is 13.4. The number of hydrogen-bond acceptors (Lipinski definition) is 6. The lowest BCUT2D eigenvalue weighted by Crippen LogP contribution is -2.34. The Bertz CT molecular complexity index is 662. The molecule has 0 atom stereocenters. The highest BCUT2D eigenvalue weighted by molar-refractivity contribution is 6.02. The summed E-state index contributed by atoms with van der Waals surface area (Å²) < 4.78 is 0. The maximum Gasteiger partial charge on any atom is 0.275 e. The van der Waals surface area contributed by atoms with Gasteiger partial charge < -0.3 is 10.2 Å². The molecule has 23 heavy (non-hydrogen) atoms. The van der Waals surface area contributed by atoms with E-state index in [0.29, 0.717) is 11.6 Å². The van der Waals surface area contributed by atoms with Crippen molar-refractivity contribution >= 4 is 17.5 Å². The average molecular weight is 312 g/mol. The Balaban J connectivity index is 1.63. The number of aryl methyl sites for hydroxylation is 1. The highest BCUT2D eigenvalue weighted by Crippen LogP contribution is 2.20. The van der Waals surface area contributed by atoms with Crippen molar-refractivity contribution in [2.75, 3.05) is 23.3 Å². The summed E-state index contributed by atoms with van der Waals surface area (Å²) in [5, 5.41) is 2.73. The molecule has 0 bridgehead atoms. The van der Waals surface area contributed by atoms with E-state index < -0.39 is 0 Å². The molecular formula is C16H20N6O. The average Bonchev–Trinajstić information content (AvgIpc) is 2.57. The fourth-order valence-electron chi connectivity index (χ4n) is 2.46. The SMILES string of the molecule is Cc1cnc(C(=O)Nc2cnc(N3CCC(C)CC3)nc2)cn1. The van der Waals surface area contributed by atoms with E-state index >= 15 is 0 Å². The quantitative estimate of drug-likeness (QED) is 0.934. The van der Waals surface area contributed by atoms with E-state index in [4.69, 9.17) is 0 Å². The molecule has 1 aliphatic rings. The molecule has 1 N–H and O–H groups in total. The number of amides is 1. The van der Waals surface area contributed by atoms with E-state index in [-0.39, 0.29) is 11.6 Å². The van der Waals surface area contributed by atoms with Gasteiger partial charge >= 0.3 is 0 Å². The summed E-state index contributed by atoms with van der Waals surface area (Å²) in [6.07, 6.45) is 8.59. The maximum absolute atomic E-state index is 12.1. The summed E-state index contributed by atoms with van der Waals surface area (Å²) in [5.41, 5.74) is 1.58. The third kappa shape index (κ3) is 3.80. The van der Waals surface area contributed by atoms with Gasteiger partial charge in [0.25, 0.3) is 5.91 Å². The molecule has 1 aliphatic heterocycles. The van der Waals surface area contributed by atoms with E-state index in [1.807, 2.05) is 6.92 Å². The van der Waals surface area contributed by atoms with Crippen molar-refractivity contribution < 1.29 is 4.79 Å². The Morgan fingerprint density at radius 2 is 1.78 bits per heavy atom. The van der Waals surface area contributed by atoms with Crippen molar-refractivity contribution in [1.29, 1.82) is 0 Å². The van der Waals surface area contributed by atoms with Gasteiger partial charge in [-0.1, -0.05) is 6.92 Å². The first-order chi connectivity index (χ1) is 11.1. The first-order valence-electron chi connectivity index (χ1n) is 7.79. The van der Waals surface area contributed by atoms with Crippen molar-refractivity contribution in [3.05, 3.63) is 36.2 Å². The molecule has 0 spiro atoms. The molecule has 1 saturated heterocycles. The second-order valence-electron chi connectivity index (χ2n) is 5.94. The van der Waals surface area contributed by atoms with E-state index in [2.05, 4.69) is 37.1 Å². The van der Waals surface area contributed by atoms with Crippen LogP contribution in [0.5, 0.6) is 0 Å². The first kappa shape index (κ1) is 15.3. The number of piperidine rings is 1. The molecule has 120 valence electrons. The third-order valence-electron chi connectivity index (χ3n) is 3.98. The van der Waals surface area contributed by atoms with Crippen LogP contribution in [0.1, 0.15) is 35.9 Å². The Labute approximate surface area is 135 Å². The second kappa shape index (κ2) is 6.68. The van der Waals surface area contributed by atoms with Gasteiger partial charge in [0.15, 0.2) is 0 Å². The van der Waals surface area contributed by atoms with Crippen LogP contribution in [0.15, 0.2) is 24.8 Å². The van der Waals surface area contributed by atoms with Crippen LogP contribution in [0.4, 0.5) is 11.6 Å². The molecule has 7 nitrogen and oxygen atoms in total. The maximum atomic E-state index is 12.1. The van der Waals surface area contributed by atoms with Gasteiger partial charge in [-0.15, -0.1) is 0 Å². The minimum absolute atomic E-state index is 0.268. The number of carbonyl (C=O) groups excluding carboxylic acids is 1. The normalized spacial score (nSPS) is 15.5. The summed E-state index contributed by atoms with van der Waals surface area (Å²) in [6.45, 7) is 6.05. The van der Waals surface area contributed by atoms with Crippen LogP contribution in [0.2, 0.25) is 0 Å². The van der Waals surface area contributed by atoms with Crippen LogP contribution < -0.4 is 10.2 Å². The summed E-state index contributed by atoms with van der Waals surface area (Å²) in [7, 11) is 0. The van der Waals surface area contributed by atoms with Crippen molar-refractivity contribution in [1.82, 2.24) is 19.9 Å². The number of rotatable bonds is 3. The molecule has 2 aromatic rings. The highest BCUT2D eigenvalue weighted by Gasteiger charge is 2.18. The molecule has 0 radical (unpaired) electrons. The van der Waals surface area contributed by atoms with Gasteiger partial charge in [-0.05, 0) is 25.7 Å². The van der Waals surface area contributed by atoms with Crippen molar-refractivity contribution in [2.24, 2.45) is 5.92 Å². The molecule has 1 amide bonds. The lowest BCUT2D eigenvalue weighted by atomic mass is 10.00. The monoisotopic (exact) mass is 312 g/mol. The second-order valence-corrected chi connectivity index (χ2v) is 5.94. The zero-order valence-corrected chi connectivity index (χ0v) is 13.4. The Morgan fingerprint density at radius 3 is 2.39 bits per heavy atom. The molecule has 2 aromatic heterocycles. The van der Waals surface area contributed by atoms with Crippen molar-refractivity contribution in [2.45, 2.75) is 26.7 Å². The topological polar surface area (TPSA) is 83.9 Å². The summed E-state index contributed by atoms with van der Waals surface area (Å²) >= 11 is 0. The molecule has 0 saturated carbocycles. The van der Waals surface area contributed by atoms with Crippen LogP contribution in [0.3, 0.4) is 0 Å². The lowest BCUT2D eigenvalue weighted by Gasteiger charge is -2.30. The van der Waals surface area contributed by atoms with Gasteiger partial charge in [0.1, 0.15) is 5.69 Å². The molecule has 0 aliphatic carbocycles. The fourth-order valence-corrected chi connectivity index (χ4v) is 2.46. The standard InChI is InChI=1S/C16H20N6O/c1-11-3-5-22(6-4-11)16-19-8-13(9-20-16)21-15(23)14-10-17-12(2)7-18-14/h7-11H,3-6H2,1-2H3,(H,21,23). The Kier molecular flexibility index (Phi) is 4.45. The molecule has 3 heterocycles. The van der Waals surface area contributed by atoms with E-state index in [0.717, 1.165) is 37.5 Å². The van der Waals surface area contributed by atoms with Crippen LogP contribution in [0, 0.1) is 12.8 Å². The van der Waals surface area contributed by atoms with Crippen LogP contribution in [0.25, 0.3) is 0 Å². The summed E-state index contributed by atoms with van der Waals surface area (Å²) in [4.78, 5) is 31.1. The van der Waals surface area contributed by atoms with E-state index in [1.54, 1.807) is 18.6 Å². The zero-order chi connectivity index (χ0) is 16.2. The molecular weight excluding hydrogens is 292 g/mol. The molecule has 0 unspecified atom stereocenters. The number of aromatic nitrogens is 4. The van der Waals surface area contributed by atoms with Crippen molar-refractivity contribution in [3.8, 4) is 0 Å². The number of anilines is 2. The minimum Gasteiger partial charge on any atom is -0.341 e. The number of nitrogens with zero attached hydrogens (tertiary/aromatic N) is 5. The van der Waals surface area contributed by atoms with Gasteiger partial charge in [0, 0.05) is 19.3 Å². The molecule has 3 rings (SSSR count). The molecule has 1 fully saturated rings. The largest absolute Gasteiger partial charge is 0.341 e. The van der Waals surface area contributed by atoms with Crippen LogP contribution in [-0.4, -0.2) is 38.9 Å². The van der Waals surface area contributed by atoms with Gasteiger partial charge in [0.2, 0.25) is 5.95 Å².